The zero-order chi connectivity index (χ0) is 17.4. The van der Waals surface area contributed by atoms with Gasteiger partial charge in [0, 0.05) is 17.9 Å². The summed E-state index contributed by atoms with van der Waals surface area (Å²) in [5, 5.41) is 2.78. The van der Waals surface area contributed by atoms with Gasteiger partial charge in [-0.05, 0) is 44.2 Å². The summed E-state index contributed by atoms with van der Waals surface area (Å²) in [6.45, 7) is 4.99. The van der Waals surface area contributed by atoms with E-state index < -0.39 is 5.97 Å². The summed E-state index contributed by atoms with van der Waals surface area (Å²) < 4.78 is 10.2. The van der Waals surface area contributed by atoms with E-state index in [-0.39, 0.29) is 12.5 Å². The maximum Gasteiger partial charge on any atom is 0.338 e. The molecular weight excluding hydrogens is 306 g/mol. The number of hydrogen-bond donors (Lipinski definition) is 1. The van der Waals surface area contributed by atoms with Gasteiger partial charge in [-0.25, -0.2) is 4.79 Å². The fraction of sp³-hybridized carbons (Fsp3) is 0.263. The highest BCUT2D eigenvalue weighted by atomic mass is 16.6. The van der Waals surface area contributed by atoms with Crippen LogP contribution < -0.4 is 5.32 Å². The Kier molecular flexibility index (Phi) is 6.51. The molecule has 1 N–H and O–H groups in total. The maximum absolute atomic E-state index is 12.2. The van der Waals surface area contributed by atoms with E-state index in [1.165, 1.54) is 0 Å². The summed E-state index contributed by atoms with van der Waals surface area (Å²) in [7, 11) is 0. The number of benzene rings is 2. The predicted molar refractivity (Wildman–Crippen MR) is 92.3 cm³/mol. The predicted octanol–water partition coefficient (Wildman–Crippen LogP) is 3.44. The number of rotatable bonds is 7. The van der Waals surface area contributed by atoms with E-state index in [0.29, 0.717) is 30.0 Å². The molecule has 5 nitrogen and oxygen atoms in total. The highest BCUT2D eigenvalue weighted by Crippen LogP contribution is 2.14. The van der Waals surface area contributed by atoms with Crippen molar-refractivity contribution in [3.8, 4) is 0 Å². The van der Waals surface area contributed by atoms with Crippen molar-refractivity contribution in [1.82, 2.24) is 0 Å². The number of nitrogens with one attached hydrogen (secondary N) is 1. The Balaban J connectivity index is 1.98. The highest BCUT2D eigenvalue weighted by molar-refractivity contribution is 6.04. The Morgan fingerprint density at radius 2 is 1.75 bits per heavy atom. The molecule has 2 aromatic rings. The number of ether oxygens (including phenoxy) is 2. The van der Waals surface area contributed by atoms with E-state index in [1.54, 1.807) is 36.4 Å². The lowest BCUT2D eigenvalue weighted by Gasteiger charge is -2.08. The van der Waals surface area contributed by atoms with Gasteiger partial charge < -0.3 is 14.8 Å². The molecule has 0 saturated heterocycles. The van der Waals surface area contributed by atoms with Crippen LogP contribution in [0.4, 0.5) is 5.69 Å². The fourth-order valence-corrected chi connectivity index (χ4v) is 2.05. The molecule has 126 valence electrons. The minimum absolute atomic E-state index is 0.201. The maximum atomic E-state index is 12.2. The van der Waals surface area contributed by atoms with Crippen LogP contribution in [0.15, 0.2) is 48.5 Å². The smallest absolute Gasteiger partial charge is 0.338 e. The van der Waals surface area contributed by atoms with Gasteiger partial charge in [-0.3, -0.25) is 4.79 Å². The lowest BCUT2D eigenvalue weighted by atomic mass is 10.1. The Morgan fingerprint density at radius 1 is 1.00 bits per heavy atom. The molecule has 0 bridgehead atoms. The minimum atomic E-state index is -0.443. The minimum Gasteiger partial charge on any atom is -0.460 e. The first-order valence-electron chi connectivity index (χ1n) is 7.83. The van der Waals surface area contributed by atoms with Crippen molar-refractivity contribution in [2.45, 2.75) is 13.8 Å². The monoisotopic (exact) mass is 327 g/mol. The van der Waals surface area contributed by atoms with Crippen molar-refractivity contribution in [1.29, 1.82) is 0 Å². The van der Waals surface area contributed by atoms with Crippen LogP contribution in [0.3, 0.4) is 0 Å². The largest absolute Gasteiger partial charge is 0.460 e. The topological polar surface area (TPSA) is 64.6 Å². The molecule has 0 atom stereocenters. The zero-order valence-corrected chi connectivity index (χ0v) is 13.9. The SMILES string of the molecule is CCOCCOC(=O)c1cccc(NC(=O)c2ccc(C)cc2)c1. The summed E-state index contributed by atoms with van der Waals surface area (Å²) in [6, 6.07) is 13.9. The van der Waals surface area contributed by atoms with E-state index in [1.807, 2.05) is 26.0 Å². The van der Waals surface area contributed by atoms with E-state index in [9.17, 15) is 9.59 Å². The third kappa shape index (κ3) is 5.21. The molecule has 0 aliphatic carbocycles. The van der Waals surface area contributed by atoms with Crippen LogP contribution in [0.2, 0.25) is 0 Å². The van der Waals surface area contributed by atoms with E-state index in [0.717, 1.165) is 5.56 Å². The molecule has 0 fully saturated rings. The molecule has 0 aliphatic rings. The summed E-state index contributed by atoms with van der Waals surface area (Å²) in [4.78, 5) is 24.2. The van der Waals surface area contributed by atoms with Crippen molar-refractivity contribution in [2.24, 2.45) is 0 Å². The number of esters is 1. The number of hydrogen-bond acceptors (Lipinski definition) is 4. The van der Waals surface area contributed by atoms with Gasteiger partial charge in [-0.1, -0.05) is 23.8 Å². The average Bonchev–Trinajstić information content (AvgIpc) is 2.59. The number of aryl methyl sites for hydroxylation is 1. The summed E-state index contributed by atoms with van der Waals surface area (Å²) in [6.07, 6.45) is 0. The Hall–Kier alpha value is -2.66. The van der Waals surface area contributed by atoms with Crippen LogP contribution in [-0.2, 0) is 9.47 Å². The van der Waals surface area contributed by atoms with Gasteiger partial charge >= 0.3 is 5.97 Å². The molecule has 0 unspecified atom stereocenters. The molecule has 0 saturated carbocycles. The van der Waals surface area contributed by atoms with Crippen LogP contribution >= 0.6 is 0 Å². The second-order valence-corrected chi connectivity index (χ2v) is 5.23. The average molecular weight is 327 g/mol. The Bertz CT molecular complexity index is 695. The molecule has 2 aromatic carbocycles. The molecule has 24 heavy (non-hydrogen) atoms. The number of carbonyl (C=O) groups excluding carboxylic acids is 2. The van der Waals surface area contributed by atoms with Gasteiger partial charge in [0.2, 0.25) is 0 Å². The van der Waals surface area contributed by atoms with Gasteiger partial charge in [-0.15, -0.1) is 0 Å². The quantitative estimate of drug-likeness (QED) is 0.625. The lowest BCUT2D eigenvalue weighted by Crippen LogP contribution is -2.13. The third-order valence-electron chi connectivity index (χ3n) is 3.33. The van der Waals surface area contributed by atoms with Crippen LogP contribution in [0.25, 0.3) is 0 Å². The van der Waals surface area contributed by atoms with Gasteiger partial charge in [0.05, 0.1) is 12.2 Å². The van der Waals surface area contributed by atoms with Crippen molar-refractivity contribution in [3.05, 3.63) is 65.2 Å². The van der Waals surface area contributed by atoms with Crippen LogP contribution in [0.1, 0.15) is 33.2 Å². The summed E-state index contributed by atoms with van der Waals surface area (Å²) in [5.41, 5.74) is 2.57. The standard InChI is InChI=1S/C19H21NO4/c1-3-23-11-12-24-19(22)16-5-4-6-17(13-16)20-18(21)15-9-7-14(2)8-10-15/h4-10,13H,3,11-12H2,1-2H3,(H,20,21). The first kappa shape index (κ1) is 17.7. The van der Waals surface area contributed by atoms with E-state index >= 15 is 0 Å². The molecular formula is C19H21NO4. The number of amides is 1. The fourth-order valence-electron chi connectivity index (χ4n) is 2.05. The lowest BCUT2D eigenvalue weighted by molar-refractivity contribution is 0.0335. The highest BCUT2D eigenvalue weighted by Gasteiger charge is 2.10. The van der Waals surface area contributed by atoms with Crippen LogP contribution in [0, 0.1) is 6.92 Å². The normalized spacial score (nSPS) is 10.2. The molecule has 0 aliphatic heterocycles. The zero-order valence-electron chi connectivity index (χ0n) is 13.9. The summed E-state index contributed by atoms with van der Waals surface area (Å²) >= 11 is 0. The molecule has 0 heterocycles. The van der Waals surface area contributed by atoms with Gasteiger partial charge in [0.15, 0.2) is 0 Å². The number of anilines is 1. The third-order valence-corrected chi connectivity index (χ3v) is 3.33. The second kappa shape index (κ2) is 8.84. The van der Waals surface area contributed by atoms with Crippen molar-refractivity contribution in [3.63, 3.8) is 0 Å². The molecule has 5 heteroatoms. The molecule has 0 radical (unpaired) electrons. The van der Waals surface area contributed by atoms with Crippen LogP contribution in [-0.4, -0.2) is 31.7 Å². The van der Waals surface area contributed by atoms with E-state index in [2.05, 4.69) is 5.32 Å². The van der Waals surface area contributed by atoms with Gasteiger partial charge in [0.25, 0.3) is 5.91 Å². The van der Waals surface area contributed by atoms with Gasteiger partial charge in [-0.2, -0.15) is 0 Å². The number of carbonyl (C=O) groups is 2. The molecule has 1 amide bonds. The first-order valence-corrected chi connectivity index (χ1v) is 7.83. The van der Waals surface area contributed by atoms with Crippen molar-refractivity contribution >= 4 is 17.6 Å². The molecule has 0 spiro atoms. The molecule has 0 aromatic heterocycles. The van der Waals surface area contributed by atoms with Crippen molar-refractivity contribution in [2.75, 3.05) is 25.1 Å². The second-order valence-electron chi connectivity index (χ2n) is 5.23. The first-order chi connectivity index (χ1) is 11.6. The summed E-state index contributed by atoms with van der Waals surface area (Å²) in [5.74, 6) is -0.669. The van der Waals surface area contributed by atoms with E-state index in [4.69, 9.17) is 9.47 Å². The van der Waals surface area contributed by atoms with Crippen molar-refractivity contribution < 1.29 is 19.1 Å². The Morgan fingerprint density at radius 3 is 2.46 bits per heavy atom. The Labute approximate surface area is 141 Å². The van der Waals surface area contributed by atoms with Gasteiger partial charge in [0.1, 0.15) is 6.61 Å². The van der Waals surface area contributed by atoms with Crippen LogP contribution in [0.5, 0.6) is 0 Å². The molecule has 2 rings (SSSR count).